The van der Waals surface area contributed by atoms with Crippen LogP contribution in [0.5, 0.6) is 5.75 Å². The lowest BCUT2D eigenvalue weighted by molar-refractivity contribution is 0.0958. The summed E-state index contributed by atoms with van der Waals surface area (Å²) in [5.74, 6) is 0.00219. The van der Waals surface area contributed by atoms with Crippen LogP contribution in [-0.4, -0.2) is 29.6 Å². The fraction of sp³-hybridized carbons (Fsp3) is 0.250. The Morgan fingerprint density at radius 1 is 1.53 bits per heavy atom. The van der Waals surface area contributed by atoms with Crippen LogP contribution in [0.3, 0.4) is 0 Å². The number of hydrogen-bond donors (Lipinski definition) is 4. The molecule has 5 N–H and O–H groups in total. The number of phenolic OH excluding ortho intramolecular Hbond substituents is 1. The number of carbonyl (C=O) groups excluding carboxylic acids is 1. The molecule has 0 fully saturated rings. The number of amides is 1. The van der Waals surface area contributed by atoms with Crippen molar-refractivity contribution in [3.8, 4) is 5.75 Å². The molecule has 0 saturated carbocycles. The Kier molecular flexibility index (Phi) is 3.01. The molecule has 0 bridgehead atoms. The van der Waals surface area contributed by atoms with Gasteiger partial charge in [0.25, 0.3) is 5.91 Å². The van der Waals surface area contributed by atoms with E-state index in [0.29, 0.717) is 18.7 Å². The van der Waals surface area contributed by atoms with Gasteiger partial charge in [-0.25, -0.2) is 0 Å². The van der Waals surface area contributed by atoms with Crippen molar-refractivity contribution >= 4 is 16.8 Å². The highest BCUT2D eigenvalue weighted by Crippen LogP contribution is 2.26. The Balaban J connectivity index is 2.66. The fourth-order valence-corrected chi connectivity index (χ4v) is 1.96. The second kappa shape index (κ2) is 4.47. The summed E-state index contributed by atoms with van der Waals surface area (Å²) >= 11 is 0. The zero-order valence-electron chi connectivity index (χ0n) is 9.58. The lowest BCUT2D eigenvalue weighted by Crippen LogP contribution is -2.20. The standard InChI is InChI=1S/C12H15N3O2/c1-14-12(17)11-8(4-5-13)9-6-7(16)2-3-10(9)15-11/h2-3,6,15-16H,4-5,13H2,1H3,(H,14,17). The maximum Gasteiger partial charge on any atom is 0.267 e. The van der Waals surface area contributed by atoms with Crippen molar-refractivity contribution in [2.75, 3.05) is 13.6 Å². The number of nitrogens with two attached hydrogens (primary N) is 1. The highest BCUT2D eigenvalue weighted by atomic mass is 16.3. The van der Waals surface area contributed by atoms with Crippen LogP contribution in [0.1, 0.15) is 16.1 Å². The quantitative estimate of drug-likeness (QED) is 0.630. The predicted molar refractivity (Wildman–Crippen MR) is 66.1 cm³/mol. The third-order valence-corrected chi connectivity index (χ3v) is 2.74. The second-order valence-electron chi connectivity index (χ2n) is 3.83. The predicted octanol–water partition coefficient (Wildman–Crippen LogP) is 0.734. The topological polar surface area (TPSA) is 91.1 Å². The summed E-state index contributed by atoms with van der Waals surface area (Å²) in [5, 5.41) is 12.9. The molecule has 0 unspecified atom stereocenters. The van der Waals surface area contributed by atoms with Gasteiger partial charge in [0.2, 0.25) is 0 Å². The lowest BCUT2D eigenvalue weighted by Gasteiger charge is -2.01. The summed E-state index contributed by atoms with van der Waals surface area (Å²) in [6.45, 7) is 0.451. The lowest BCUT2D eigenvalue weighted by atomic mass is 10.1. The second-order valence-corrected chi connectivity index (χ2v) is 3.83. The third-order valence-electron chi connectivity index (χ3n) is 2.74. The van der Waals surface area contributed by atoms with Crippen LogP contribution in [0.25, 0.3) is 10.9 Å². The molecule has 0 aliphatic rings. The number of H-pyrrole nitrogens is 1. The molecule has 0 aliphatic carbocycles. The van der Waals surface area contributed by atoms with Crippen LogP contribution < -0.4 is 11.1 Å². The molecular weight excluding hydrogens is 218 g/mol. The Morgan fingerprint density at radius 3 is 2.94 bits per heavy atom. The van der Waals surface area contributed by atoms with Gasteiger partial charge in [0, 0.05) is 18.0 Å². The molecule has 1 amide bonds. The molecule has 5 heteroatoms. The number of hydrogen-bond acceptors (Lipinski definition) is 3. The van der Waals surface area contributed by atoms with E-state index in [-0.39, 0.29) is 11.7 Å². The van der Waals surface area contributed by atoms with Crippen molar-refractivity contribution in [3.63, 3.8) is 0 Å². The molecule has 0 radical (unpaired) electrons. The smallest absolute Gasteiger partial charge is 0.267 e. The van der Waals surface area contributed by atoms with Crippen LogP contribution >= 0.6 is 0 Å². The average molecular weight is 233 g/mol. The number of phenols is 1. The number of fused-ring (bicyclic) bond motifs is 1. The zero-order valence-corrected chi connectivity index (χ0v) is 9.58. The molecule has 2 aromatic rings. The summed E-state index contributed by atoms with van der Waals surface area (Å²) in [6.07, 6.45) is 0.589. The van der Waals surface area contributed by atoms with E-state index >= 15 is 0 Å². The Morgan fingerprint density at radius 2 is 2.29 bits per heavy atom. The van der Waals surface area contributed by atoms with Crippen LogP contribution in [-0.2, 0) is 6.42 Å². The molecule has 0 spiro atoms. The SMILES string of the molecule is CNC(=O)c1[nH]c2ccc(O)cc2c1CCN. The van der Waals surface area contributed by atoms with E-state index in [4.69, 9.17) is 5.73 Å². The zero-order chi connectivity index (χ0) is 12.4. The van der Waals surface area contributed by atoms with Crippen molar-refractivity contribution in [2.24, 2.45) is 5.73 Å². The van der Waals surface area contributed by atoms with E-state index in [1.807, 2.05) is 0 Å². The molecule has 5 nitrogen and oxygen atoms in total. The van der Waals surface area contributed by atoms with Crippen molar-refractivity contribution in [1.29, 1.82) is 0 Å². The Bertz CT molecular complexity index is 560. The molecule has 0 saturated heterocycles. The minimum atomic E-state index is -0.177. The molecule has 90 valence electrons. The van der Waals surface area contributed by atoms with E-state index in [0.717, 1.165) is 16.5 Å². The normalized spacial score (nSPS) is 10.7. The first kappa shape index (κ1) is 11.5. The monoisotopic (exact) mass is 233 g/mol. The number of carbonyl (C=O) groups is 1. The number of aromatic amines is 1. The summed E-state index contributed by atoms with van der Waals surface area (Å²) in [5.41, 5.74) is 7.73. The third kappa shape index (κ3) is 1.97. The van der Waals surface area contributed by atoms with Crippen molar-refractivity contribution in [2.45, 2.75) is 6.42 Å². The van der Waals surface area contributed by atoms with Gasteiger partial charge in [-0.3, -0.25) is 4.79 Å². The summed E-state index contributed by atoms with van der Waals surface area (Å²) < 4.78 is 0. The van der Waals surface area contributed by atoms with E-state index in [2.05, 4.69) is 10.3 Å². The van der Waals surface area contributed by atoms with Gasteiger partial charge in [-0.1, -0.05) is 0 Å². The van der Waals surface area contributed by atoms with Crippen molar-refractivity contribution in [3.05, 3.63) is 29.5 Å². The molecule has 0 atom stereocenters. The maximum absolute atomic E-state index is 11.7. The minimum absolute atomic E-state index is 0.177. The summed E-state index contributed by atoms with van der Waals surface area (Å²) in [6, 6.07) is 4.97. The van der Waals surface area contributed by atoms with E-state index in [1.165, 1.54) is 0 Å². The van der Waals surface area contributed by atoms with E-state index < -0.39 is 0 Å². The van der Waals surface area contributed by atoms with Crippen molar-refractivity contribution < 1.29 is 9.90 Å². The fourth-order valence-electron chi connectivity index (χ4n) is 1.96. The highest BCUT2D eigenvalue weighted by Gasteiger charge is 2.16. The van der Waals surface area contributed by atoms with E-state index in [1.54, 1.807) is 25.2 Å². The molecule has 1 aromatic carbocycles. The number of nitrogens with one attached hydrogen (secondary N) is 2. The summed E-state index contributed by atoms with van der Waals surface area (Å²) in [7, 11) is 1.58. The molecule has 1 aromatic heterocycles. The van der Waals surface area contributed by atoms with Crippen molar-refractivity contribution in [1.82, 2.24) is 10.3 Å². The van der Waals surface area contributed by atoms with Gasteiger partial charge < -0.3 is 21.1 Å². The molecule has 1 heterocycles. The molecule has 17 heavy (non-hydrogen) atoms. The first-order chi connectivity index (χ1) is 8.17. The van der Waals surface area contributed by atoms with Gasteiger partial charge in [0.1, 0.15) is 11.4 Å². The van der Waals surface area contributed by atoms with Crippen LogP contribution in [0.2, 0.25) is 0 Å². The average Bonchev–Trinajstić information content (AvgIpc) is 2.67. The Labute approximate surface area is 98.6 Å². The number of rotatable bonds is 3. The van der Waals surface area contributed by atoms with Gasteiger partial charge >= 0.3 is 0 Å². The van der Waals surface area contributed by atoms with Gasteiger partial charge in [0.15, 0.2) is 0 Å². The Hall–Kier alpha value is -2.01. The maximum atomic E-state index is 11.7. The van der Waals surface area contributed by atoms with E-state index in [9.17, 15) is 9.90 Å². The number of aromatic nitrogens is 1. The molecule has 0 aliphatic heterocycles. The van der Waals surface area contributed by atoms with Gasteiger partial charge in [0.05, 0.1) is 0 Å². The first-order valence-electron chi connectivity index (χ1n) is 5.43. The van der Waals surface area contributed by atoms with Gasteiger partial charge in [-0.15, -0.1) is 0 Å². The first-order valence-corrected chi connectivity index (χ1v) is 5.43. The summed E-state index contributed by atoms with van der Waals surface area (Å²) in [4.78, 5) is 14.8. The van der Waals surface area contributed by atoms with Crippen LogP contribution in [0, 0.1) is 0 Å². The van der Waals surface area contributed by atoms with Gasteiger partial charge in [-0.05, 0) is 36.7 Å². The number of benzene rings is 1. The minimum Gasteiger partial charge on any atom is -0.508 e. The largest absolute Gasteiger partial charge is 0.508 e. The molecular formula is C12H15N3O2. The van der Waals surface area contributed by atoms with Crippen LogP contribution in [0.4, 0.5) is 0 Å². The highest BCUT2D eigenvalue weighted by molar-refractivity contribution is 6.01. The number of aromatic hydroxyl groups is 1. The van der Waals surface area contributed by atoms with Gasteiger partial charge in [-0.2, -0.15) is 0 Å². The van der Waals surface area contributed by atoms with Crippen LogP contribution in [0.15, 0.2) is 18.2 Å². The molecule has 2 rings (SSSR count).